The number of nitrogens with one attached hydrogen (secondary N) is 1. The van der Waals surface area contributed by atoms with Crippen LogP contribution in [0.25, 0.3) is 11.0 Å². The summed E-state index contributed by atoms with van der Waals surface area (Å²) in [5, 5.41) is 0.897. The molecule has 0 radical (unpaired) electrons. The molecule has 0 saturated carbocycles. The van der Waals surface area contributed by atoms with Gasteiger partial charge < -0.3 is 14.1 Å². The molecule has 0 unspecified atom stereocenters. The van der Waals surface area contributed by atoms with Crippen molar-refractivity contribution in [3.63, 3.8) is 0 Å². The summed E-state index contributed by atoms with van der Waals surface area (Å²) in [4.78, 5) is 15.2. The van der Waals surface area contributed by atoms with Crippen molar-refractivity contribution in [1.82, 2.24) is 4.98 Å². The first kappa shape index (κ1) is 11.6. The van der Waals surface area contributed by atoms with Crippen LogP contribution in [-0.4, -0.2) is 17.9 Å². The molecule has 4 heteroatoms. The number of aromatic nitrogens is 1. The molecule has 0 aliphatic carbocycles. The van der Waals surface area contributed by atoms with E-state index in [1.807, 2.05) is 25.1 Å². The Balaban J connectivity index is 2.15. The summed E-state index contributed by atoms with van der Waals surface area (Å²) in [6.45, 7) is 1.88. The molecule has 0 aliphatic heterocycles. The van der Waals surface area contributed by atoms with Crippen molar-refractivity contribution in [3.8, 4) is 5.75 Å². The van der Waals surface area contributed by atoms with Gasteiger partial charge in [0.25, 0.3) is 0 Å². The smallest absolute Gasteiger partial charge is 0.244 e. The summed E-state index contributed by atoms with van der Waals surface area (Å²) < 4.78 is 10.8. The second-order valence-corrected chi connectivity index (χ2v) is 4.33. The molecule has 0 bridgehead atoms. The maximum absolute atomic E-state index is 12.3. The number of aromatic amines is 1. The lowest BCUT2D eigenvalue weighted by Gasteiger charge is -1.98. The lowest BCUT2D eigenvalue weighted by molar-refractivity contribution is 0.101. The van der Waals surface area contributed by atoms with Gasteiger partial charge in [-0.05, 0) is 37.3 Å². The maximum atomic E-state index is 12.3. The first-order chi connectivity index (χ1) is 9.20. The van der Waals surface area contributed by atoms with E-state index in [0.29, 0.717) is 17.0 Å². The Kier molecular flexibility index (Phi) is 2.63. The Morgan fingerprint density at radius 1 is 1.32 bits per heavy atom. The molecule has 3 aromatic rings. The Labute approximate surface area is 110 Å². The number of H-pyrrole nitrogens is 1. The number of ether oxygens (including phenoxy) is 1. The van der Waals surface area contributed by atoms with Crippen molar-refractivity contribution in [2.24, 2.45) is 0 Å². The van der Waals surface area contributed by atoms with E-state index in [9.17, 15) is 4.79 Å². The number of methoxy groups -OCH3 is 1. The number of fused-ring (bicyclic) bond motifs is 1. The Morgan fingerprint density at radius 3 is 2.84 bits per heavy atom. The molecule has 2 heterocycles. The molecule has 0 saturated heterocycles. The molecule has 2 aromatic heterocycles. The third-order valence-electron chi connectivity index (χ3n) is 3.19. The third kappa shape index (κ3) is 1.81. The molecule has 1 aromatic carbocycles. The number of aryl methyl sites for hydroxylation is 1. The number of hydrogen-bond donors (Lipinski definition) is 1. The number of rotatable bonds is 3. The van der Waals surface area contributed by atoms with Crippen LogP contribution in [0.3, 0.4) is 0 Å². The normalized spacial score (nSPS) is 10.8. The highest BCUT2D eigenvalue weighted by molar-refractivity contribution is 6.09. The molecular weight excluding hydrogens is 242 g/mol. The lowest BCUT2D eigenvalue weighted by Crippen LogP contribution is -2.01. The van der Waals surface area contributed by atoms with Crippen molar-refractivity contribution in [2.45, 2.75) is 6.92 Å². The number of carbonyl (C=O) groups is 1. The fourth-order valence-electron chi connectivity index (χ4n) is 2.14. The number of benzene rings is 1. The summed E-state index contributed by atoms with van der Waals surface area (Å²) in [6.07, 6.45) is 1.72. The number of furan rings is 1. The molecule has 0 aliphatic rings. The molecular formula is C15H13NO3. The van der Waals surface area contributed by atoms with E-state index < -0.39 is 0 Å². The third-order valence-corrected chi connectivity index (χ3v) is 3.19. The second-order valence-electron chi connectivity index (χ2n) is 4.33. The molecule has 4 nitrogen and oxygen atoms in total. The monoisotopic (exact) mass is 255 g/mol. The number of hydrogen-bond acceptors (Lipinski definition) is 3. The van der Waals surface area contributed by atoms with Gasteiger partial charge in [-0.25, -0.2) is 0 Å². The number of ketones is 1. The highest BCUT2D eigenvalue weighted by atomic mass is 16.5. The van der Waals surface area contributed by atoms with Gasteiger partial charge in [0.1, 0.15) is 11.3 Å². The Morgan fingerprint density at radius 2 is 2.16 bits per heavy atom. The van der Waals surface area contributed by atoms with Gasteiger partial charge in [-0.3, -0.25) is 4.79 Å². The predicted molar refractivity (Wildman–Crippen MR) is 71.7 cm³/mol. The van der Waals surface area contributed by atoms with Crippen LogP contribution in [0.15, 0.2) is 40.9 Å². The topological polar surface area (TPSA) is 55.2 Å². The summed E-state index contributed by atoms with van der Waals surface area (Å²) in [5.41, 5.74) is 2.04. The van der Waals surface area contributed by atoms with Gasteiger partial charge in [-0.15, -0.1) is 0 Å². The average Bonchev–Trinajstić information content (AvgIpc) is 3.06. The highest BCUT2D eigenvalue weighted by Gasteiger charge is 2.19. The SMILES string of the molecule is COc1ccc2oc(C(=O)c3ccc[nH]3)c(C)c2c1. The minimum atomic E-state index is -0.141. The minimum Gasteiger partial charge on any atom is -0.497 e. The fraction of sp³-hybridized carbons (Fsp3) is 0.133. The van der Waals surface area contributed by atoms with Crippen molar-refractivity contribution < 1.29 is 13.9 Å². The maximum Gasteiger partial charge on any atom is 0.244 e. The average molecular weight is 255 g/mol. The molecule has 96 valence electrons. The van der Waals surface area contributed by atoms with Gasteiger partial charge in [0.2, 0.25) is 5.78 Å². The quantitative estimate of drug-likeness (QED) is 0.730. The summed E-state index contributed by atoms with van der Waals surface area (Å²) >= 11 is 0. The van der Waals surface area contributed by atoms with E-state index in [2.05, 4.69) is 4.98 Å². The van der Waals surface area contributed by atoms with Gasteiger partial charge in [0.05, 0.1) is 12.8 Å². The van der Waals surface area contributed by atoms with Crippen LogP contribution in [0.4, 0.5) is 0 Å². The molecule has 0 amide bonds. The zero-order chi connectivity index (χ0) is 13.4. The van der Waals surface area contributed by atoms with Crippen molar-refractivity contribution >= 4 is 16.8 Å². The van der Waals surface area contributed by atoms with Crippen molar-refractivity contribution in [2.75, 3.05) is 7.11 Å². The highest BCUT2D eigenvalue weighted by Crippen LogP contribution is 2.29. The van der Waals surface area contributed by atoms with E-state index in [4.69, 9.17) is 9.15 Å². The van der Waals surface area contributed by atoms with Gasteiger partial charge in [0.15, 0.2) is 5.76 Å². The zero-order valence-corrected chi connectivity index (χ0v) is 10.7. The number of carbonyl (C=O) groups excluding carboxylic acids is 1. The van der Waals surface area contributed by atoms with E-state index in [-0.39, 0.29) is 5.78 Å². The molecule has 0 fully saturated rings. The zero-order valence-electron chi connectivity index (χ0n) is 10.7. The van der Waals surface area contributed by atoms with Crippen LogP contribution < -0.4 is 4.74 Å². The molecule has 0 spiro atoms. The van der Waals surface area contributed by atoms with E-state index in [0.717, 1.165) is 16.7 Å². The van der Waals surface area contributed by atoms with Gasteiger partial charge in [-0.2, -0.15) is 0 Å². The van der Waals surface area contributed by atoms with E-state index >= 15 is 0 Å². The molecule has 0 atom stereocenters. The largest absolute Gasteiger partial charge is 0.497 e. The first-order valence-corrected chi connectivity index (χ1v) is 5.96. The van der Waals surface area contributed by atoms with Crippen molar-refractivity contribution in [1.29, 1.82) is 0 Å². The second kappa shape index (κ2) is 4.31. The van der Waals surface area contributed by atoms with E-state index in [1.165, 1.54) is 0 Å². The summed E-state index contributed by atoms with van der Waals surface area (Å²) in [6, 6.07) is 9.02. The predicted octanol–water partition coefficient (Wildman–Crippen LogP) is 3.31. The first-order valence-electron chi connectivity index (χ1n) is 5.96. The lowest BCUT2D eigenvalue weighted by atomic mass is 10.1. The standard InChI is InChI=1S/C15H13NO3/c1-9-11-8-10(18-2)5-6-13(11)19-15(9)14(17)12-4-3-7-16-12/h3-8,16H,1-2H3. The summed E-state index contributed by atoms with van der Waals surface area (Å²) in [7, 11) is 1.61. The van der Waals surface area contributed by atoms with Crippen LogP contribution in [0.5, 0.6) is 5.75 Å². The van der Waals surface area contributed by atoms with Crippen LogP contribution in [0, 0.1) is 6.92 Å². The van der Waals surface area contributed by atoms with Crippen LogP contribution in [0.2, 0.25) is 0 Å². The van der Waals surface area contributed by atoms with Gasteiger partial charge in [0, 0.05) is 17.1 Å². The van der Waals surface area contributed by atoms with Crippen molar-refractivity contribution in [3.05, 3.63) is 53.5 Å². The van der Waals surface area contributed by atoms with Crippen LogP contribution >= 0.6 is 0 Å². The van der Waals surface area contributed by atoms with Gasteiger partial charge in [-0.1, -0.05) is 0 Å². The Bertz CT molecular complexity index is 738. The fourth-order valence-corrected chi connectivity index (χ4v) is 2.14. The summed E-state index contributed by atoms with van der Waals surface area (Å²) in [5.74, 6) is 0.971. The molecule has 19 heavy (non-hydrogen) atoms. The van der Waals surface area contributed by atoms with Crippen LogP contribution in [-0.2, 0) is 0 Å². The molecule has 1 N–H and O–H groups in total. The van der Waals surface area contributed by atoms with Crippen LogP contribution in [0.1, 0.15) is 21.8 Å². The van der Waals surface area contributed by atoms with E-state index in [1.54, 1.807) is 25.4 Å². The Hall–Kier alpha value is -2.49. The van der Waals surface area contributed by atoms with Gasteiger partial charge >= 0.3 is 0 Å². The minimum absolute atomic E-state index is 0.141. The molecule has 3 rings (SSSR count).